The second kappa shape index (κ2) is 7.10. The van der Waals surface area contributed by atoms with Gasteiger partial charge in [-0.2, -0.15) is 0 Å². The molecule has 0 saturated heterocycles. The molecule has 0 atom stereocenters. The molecule has 0 aliphatic rings. The lowest BCUT2D eigenvalue weighted by Gasteiger charge is -2.09. The van der Waals surface area contributed by atoms with Crippen molar-refractivity contribution >= 4 is 21.9 Å². The Balaban J connectivity index is 1.91. The number of halogens is 1. The van der Waals surface area contributed by atoms with Crippen LogP contribution in [0.25, 0.3) is 0 Å². The van der Waals surface area contributed by atoms with Crippen molar-refractivity contribution < 1.29 is 14.6 Å². The van der Waals surface area contributed by atoms with Gasteiger partial charge in [-0.15, -0.1) is 0 Å². The quantitative estimate of drug-likeness (QED) is 0.807. The maximum absolute atomic E-state index is 11.1. The van der Waals surface area contributed by atoms with Crippen LogP contribution in [0.2, 0.25) is 0 Å². The lowest BCUT2D eigenvalue weighted by Crippen LogP contribution is -2.05. The van der Waals surface area contributed by atoms with Gasteiger partial charge < -0.3 is 9.84 Å². The summed E-state index contributed by atoms with van der Waals surface area (Å²) in [5.74, 6) is -0.574. The number of benzene rings is 2. The molecule has 0 radical (unpaired) electrons. The van der Waals surface area contributed by atoms with Crippen LogP contribution in [0.15, 0.2) is 53.0 Å². The molecule has 0 aromatic heterocycles. The van der Waals surface area contributed by atoms with Crippen molar-refractivity contribution in [3.63, 3.8) is 0 Å². The molecule has 1 N–H and O–H groups in total. The van der Waals surface area contributed by atoms with Gasteiger partial charge in [-0.3, -0.25) is 0 Å². The van der Waals surface area contributed by atoms with Crippen molar-refractivity contribution in [3.05, 3.63) is 64.1 Å². The summed E-state index contributed by atoms with van der Waals surface area (Å²) < 4.78 is 6.40. The summed E-state index contributed by atoms with van der Waals surface area (Å²) in [5.41, 5.74) is 1.44. The number of rotatable bonds is 6. The Morgan fingerprint density at radius 3 is 2.60 bits per heavy atom. The highest BCUT2D eigenvalue weighted by Gasteiger charge is 2.11. The standard InChI is InChI=1S/C16H15BrO3/c17-13-8-9-14(16(18)19)15(11-13)20-10-4-7-12-5-2-1-3-6-12/h1-3,5-6,8-9,11H,4,7,10H2,(H,18,19). The molecule has 2 aromatic rings. The Kier molecular flexibility index (Phi) is 5.18. The molecule has 4 heteroatoms. The summed E-state index contributed by atoms with van der Waals surface area (Å²) in [5, 5.41) is 9.10. The van der Waals surface area contributed by atoms with Crippen LogP contribution in [-0.4, -0.2) is 17.7 Å². The summed E-state index contributed by atoms with van der Waals surface area (Å²) in [4.78, 5) is 11.1. The first-order chi connectivity index (χ1) is 9.66. The number of hydrogen-bond acceptors (Lipinski definition) is 2. The third-order valence-corrected chi connectivity index (χ3v) is 3.38. The van der Waals surface area contributed by atoms with Gasteiger partial charge in [0.05, 0.1) is 6.61 Å². The molecule has 0 aliphatic heterocycles. The number of hydrogen-bond donors (Lipinski definition) is 1. The highest BCUT2D eigenvalue weighted by atomic mass is 79.9. The Bertz CT molecular complexity index is 582. The Labute approximate surface area is 126 Å². The summed E-state index contributed by atoms with van der Waals surface area (Å²) >= 11 is 3.32. The van der Waals surface area contributed by atoms with E-state index in [1.54, 1.807) is 18.2 Å². The number of aryl methyl sites for hydroxylation is 1. The first-order valence-corrected chi connectivity index (χ1v) is 7.15. The fraction of sp³-hybridized carbons (Fsp3) is 0.188. The van der Waals surface area contributed by atoms with Gasteiger partial charge in [0.25, 0.3) is 0 Å². The van der Waals surface area contributed by atoms with E-state index in [0.29, 0.717) is 12.4 Å². The van der Waals surface area contributed by atoms with Gasteiger partial charge in [0.15, 0.2) is 0 Å². The van der Waals surface area contributed by atoms with E-state index in [9.17, 15) is 4.79 Å². The van der Waals surface area contributed by atoms with Crippen LogP contribution in [-0.2, 0) is 6.42 Å². The molecule has 0 fully saturated rings. The first kappa shape index (κ1) is 14.6. The number of carbonyl (C=O) groups is 1. The molecule has 2 rings (SSSR count). The molecule has 2 aromatic carbocycles. The molecule has 104 valence electrons. The van der Waals surface area contributed by atoms with E-state index >= 15 is 0 Å². The smallest absolute Gasteiger partial charge is 0.339 e. The molecule has 0 heterocycles. The van der Waals surface area contributed by atoms with Crippen molar-refractivity contribution in [2.45, 2.75) is 12.8 Å². The molecular weight excluding hydrogens is 320 g/mol. The Hall–Kier alpha value is -1.81. The molecule has 0 unspecified atom stereocenters. The predicted molar refractivity (Wildman–Crippen MR) is 81.4 cm³/mol. The van der Waals surface area contributed by atoms with Crippen LogP contribution in [0, 0.1) is 0 Å². The molecule has 3 nitrogen and oxygen atoms in total. The van der Waals surface area contributed by atoms with E-state index in [-0.39, 0.29) is 5.56 Å². The van der Waals surface area contributed by atoms with Crippen molar-refractivity contribution in [2.75, 3.05) is 6.61 Å². The van der Waals surface area contributed by atoms with E-state index in [0.717, 1.165) is 17.3 Å². The van der Waals surface area contributed by atoms with Crippen LogP contribution in [0.5, 0.6) is 5.75 Å². The monoisotopic (exact) mass is 334 g/mol. The normalized spacial score (nSPS) is 10.2. The number of carboxylic acid groups (broad SMARTS) is 1. The molecule has 0 aliphatic carbocycles. The topological polar surface area (TPSA) is 46.5 Å². The lowest BCUT2D eigenvalue weighted by molar-refractivity contribution is 0.0692. The molecule has 0 spiro atoms. The lowest BCUT2D eigenvalue weighted by atomic mass is 10.1. The summed E-state index contributed by atoms with van der Waals surface area (Å²) in [6.45, 7) is 0.492. The van der Waals surface area contributed by atoms with Gasteiger partial charge in [-0.1, -0.05) is 46.3 Å². The zero-order valence-corrected chi connectivity index (χ0v) is 12.5. The van der Waals surface area contributed by atoms with Crippen molar-refractivity contribution in [1.82, 2.24) is 0 Å². The Morgan fingerprint density at radius 2 is 1.90 bits per heavy atom. The largest absolute Gasteiger partial charge is 0.493 e. The fourth-order valence-corrected chi connectivity index (χ4v) is 2.24. The zero-order valence-electron chi connectivity index (χ0n) is 10.9. The summed E-state index contributed by atoms with van der Waals surface area (Å²) in [6, 6.07) is 15.1. The SMILES string of the molecule is O=C(O)c1ccc(Br)cc1OCCCc1ccccc1. The van der Waals surface area contributed by atoms with Gasteiger partial charge in [-0.05, 0) is 36.6 Å². The summed E-state index contributed by atoms with van der Waals surface area (Å²) in [7, 11) is 0. The third kappa shape index (κ3) is 4.10. The van der Waals surface area contributed by atoms with Crippen LogP contribution in [0.4, 0.5) is 0 Å². The molecule has 0 saturated carbocycles. The highest BCUT2D eigenvalue weighted by Crippen LogP contribution is 2.24. The maximum atomic E-state index is 11.1. The number of aromatic carboxylic acids is 1. The second-order valence-electron chi connectivity index (χ2n) is 4.38. The van der Waals surface area contributed by atoms with Crippen LogP contribution in [0.3, 0.4) is 0 Å². The maximum Gasteiger partial charge on any atom is 0.339 e. The Morgan fingerprint density at radius 1 is 1.15 bits per heavy atom. The van der Waals surface area contributed by atoms with Gasteiger partial charge in [0.2, 0.25) is 0 Å². The average molecular weight is 335 g/mol. The van der Waals surface area contributed by atoms with Crippen LogP contribution >= 0.6 is 15.9 Å². The van der Waals surface area contributed by atoms with E-state index in [4.69, 9.17) is 9.84 Å². The molecule has 0 bridgehead atoms. The fourth-order valence-electron chi connectivity index (χ4n) is 1.90. The molecule has 0 amide bonds. The van der Waals surface area contributed by atoms with Gasteiger partial charge in [-0.25, -0.2) is 4.79 Å². The number of carboxylic acids is 1. The van der Waals surface area contributed by atoms with E-state index in [1.807, 2.05) is 18.2 Å². The minimum atomic E-state index is -0.976. The highest BCUT2D eigenvalue weighted by molar-refractivity contribution is 9.10. The van der Waals surface area contributed by atoms with E-state index in [1.165, 1.54) is 5.56 Å². The van der Waals surface area contributed by atoms with Gasteiger partial charge in [0, 0.05) is 4.47 Å². The molecule has 20 heavy (non-hydrogen) atoms. The number of ether oxygens (including phenoxy) is 1. The third-order valence-electron chi connectivity index (χ3n) is 2.88. The summed E-state index contributed by atoms with van der Waals surface area (Å²) in [6.07, 6.45) is 1.76. The van der Waals surface area contributed by atoms with Crippen molar-refractivity contribution in [2.24, 2.45) is 0 Å². The zero-order chi connectivity index (χ0) is 14.4. The second-order valence-corrected chi connectivity index (χ2v) is 5.30. The minimum Gasteiger partial charge on any atom is -0.493 e. The predicted octanol–water partition coefficient (Wildman–Crippen LogP) is 4.16. The first-order valence-electron chi connectivity index (χ1n) is 6.36. The molecular formula is C16H15BrO3. The average Bonchev–Trinajstić information content (AvgIpc) is 2.44. The van der Waals surface area contributed by atoms with Crippen LogP contribution in [0.1, 0.15) is 22.3 Å². The van der Waals surface area contributed by atoms with Crippen molar-refractivity contribution in [1.29, 1.82) is 0 Å². The van der Waals surface area contributed by atoms with Crippen molar-refractivity contribution in [3.8, 4) is 5.75 Å². The van der Waals surface area contributed by atoms with Crippen LogP contribution < -0.4 is 4.74 Å². The van der Waals surface area contributed by atoms with E-state index in [2.05, 4.69) is 28.1 Å². The van der Waals surface area contributed by atoms with E-state index < -0.39 is 5.97 Å². The van der Waals surface area contributed by atoms with Gasteiger partial charge >= 0.3 is 5.97 Å². The minimum absolute atomic E-state index is 0.188. The van der Waals surface area contributed by atoms with Gasteiger partial charge in [0.1, 0.15) is 11.3 Å².